The summed E-state index contributed by atoms with van der Waals surface area (Å²) in [4.78, 5) is 14.5. The van der Waals surface area contributed by atoms with E-state index in [1.165, 1.54) is 16.3 Å². The van der Waals surface area contributed by atoms with Gasteiger partial charge in [-0.2, -0.15) is 0 Å². The van der Waals surface area contributed by atoms with Crippen LogP contribution in [-0.2, 0) is 20.9 Å². The number of halogens is 3. The van der Waals surface area contributed by atoms with Crippen LogP contribution in [0, 0.1) is 0 Å². The molecule has 1 aliphatic rings. The molecule has 1 heterocycles. The van der Waals surface area contributed by atoms with E-state index in [-0.39, 0.29) is 24.9 Å². The quantitative estimate of drug-likeness (QED) is 0.195. The number of ether oxygens (including phenoxy) is 2. The molecule has 9 heteroatoms. The van der Waals surface area contributed by atoms with Crippen LogP contribution in [-0.4, -0.2) is 39.4 Å². The summed E-state index contributed by atoms with van der Waals surface area (Å²) in [6.07, 6.45) is -0.447. The van der Waals surface area contributed by atoms with Crippen molar-refractivity contribution in [2.45, 2.75) is 48.3 Å². The predicted octanol–water partition coefficient (Wildman–Crippen LogP) is 7.88. The third-order valence-corrected chi connectivity index (χ3v) is 8.21. The number of aliphatic hydroxyl groups excluding tert-OH is 1. The maximum atomic E-state index is 12.2. The lowest BCUT2D eigenvalue weighted by atomic mass is 9.98. The lowest BCUT2D eigenvalue weighted by Gasteiger charge is -2.39. The minimum atomic E-state index is -2.09. The van der Waals surface area contributed by atoms with Gasteiger partial charge in [0.1, 0.15) is 0 Å². The third-order valence-electron chi connectivity index (χ3n) is 7.70. The van der Waals surface area contributed by atoms with Crippen molar-refractivity contribution in [1.82, 2.24) is 4.90 Å². The van der Waals surface area contributed by atoms with Crippen LogP contribution >= 0.6 is 34.8 Å². The van der Waals surface area contributed by atoms with E-state index >= 15 is 0 Å². The number of rotatable bonds is 8. The van der Waals surface area contributed by atoms with E-state index in [0.29, 0.717) is 18.7 Å². The number of nitrogens with one attached hydrogen (secondary N) is 1. The molecule has 4 unspecified atom stereocenters. The number of hydrogen-bond acceptors (Lipinski definition) is 5. The Bertz CT molecular complexity index is 1530. The van der Waals surface area contributed by atoms with Crippen molar-refractivity contribution in [1.29, 1.82) is 0 Å². The van der Waals surface area contributed by atoms with Crippen LogP contribution in [0.2, 0.25) is 0 Å². The molecule has 0 radical (unpaired) electrons. The molecule has 0 aromatic heterocycles. The van der Waals surface area contributed by atoms with Gasteiger partial charge in [0.25, 0.3) is 9.70 Å². The average Bonchev–Trinajstić information content (AvgIpc) is 3.00. The number of alkyl halides is 3. The van der Waals surface area contributed by atoms with E-state index in [1.807, 2.05) is 30.3 Å². The number of hydrogen-bond donors (Lipinski definition) is 2. The van der Waals surface area contributed by atoms with Crippen molar-refractivity contribution in [3.8, 4) is 0 Å². The van der Waals surface area contributed by atoms with Gasteiger partial charge in [0.15, 0.2) is 6.29 Å². The first-order chi connectivity index (χ1) is 20.1. The van der Waals surface area contributed by atoms with Gasteiger partial charge in [0.2, 0.25) is 0 Å². The topological polar surface area (TPSA) is 71.0 Å². The Hall–Kier alpha value is -2.68. The van der Waals surface area contributed by atoms with Crippen molar-refractivity contribution in [3.05, 3.63) is 113 Å². The Kier molecular flexibility index (Phi) is 9.75. The number of anilines is 1. The van der Waals surface area contributed by atoms with E-state index in [9.17, 15) is 9.90 Å². The van der Waals surface area contributed by atoms with E-state index in [4.69, 9.17) is 44.3 Å². The first-order valence-electron chi connectivity index (χ1n) is 13.8. The zero-order chi connectivity index (χ0) is 29.9. The number of carbonyl (C=O) groups excluding carboxylic acids is 1. The Labute approximate surface area is 261 Å². The van der Waals surface area contributed by atoms with Crippen molar-refractivity contribution < 1.29 is 19.4 Å². The highest BCUT2D eigenvalue weighted by molar-refractivity contribution is 6.76. The molecule has 4 aromatic carbocycles. The number of carbonyl (C=O) groups is 1. The first kappa shape index (κ1) is 30.8. The van der Waals surface area contributed by atoms with Gasteiger partial charge in [0.05, 0.1) is 18.8 Å². The molecule has 1 aliphatic heterocycles. The molecule has 1 amide bonds. The van der Waals surface area contributed by atoms with Gasteiger partial charge < -0.3 is 19.9 Å². The summed E-state index contributed by atoms with van der Waals surface area (Å²) in [6.45, 7) is 2.84. The smallest absolute Gasteiger partial charge is 0.276 e. The highest BCUT2D eigenvalue weighted by atomic mass is 35.6. The van der Waals surface area contributed by atoms with Gasteiger partial charge in [0, 0.05) is 30.3 Å². The van der Waals surface area contributed by atoms with Crippen LogP contribution < -0.4 is 5.32 Å². The van der Waals surface area contributed by atoms with Crippen molar-refractivity contribution in [2.24, 2.45) is 0 Å². The van der Waals surface area contributed by atoms with E-state index < -0.39 is 16.0 Å². The molecule has 42 heavy (non-hydrogen) atoms. The summed E-state index contributed by atoms with van der Waals surface area (Å²) in [5.41, 5.74) is 4.25. The summed E-state index contributed by atoms with van der Waals surface area (Å²) >= 11 is 17.2. The fourth-order valence-corrected chi connectivity index (χ4v) is 5.34. The Balaban J connectivity index is 1.37. The molecule has 220 valence electrons. The molecule has 2 N–H and O–H groups in total. The van der Waals surface area contributed by atoms with Crippen LogP contribution in [0.4, 0.5) is 5.69 Å². The number of aliphatic hydroxyl groups is 1. The molecule has 6 nitrogen and oxygen atoms in total. The lowest BCUT2D eigenvalue weighted by molar-refractivity contribution is -0.253. The summed E-state index contributed by atoms with van der Waals surface area (Å²) < 4.78 is 10.9. The number of amides is 1. The van der Waals surface area contributed by atoms with Crippen LogP contribution in [0.5, 0.6) is 0 Å². The van der Waals surface area contributed by atoms with Gasteiger partial charge in [-0.1, -0.05) is 108 Å². The number of fused-ring (bicyclic) bond motifs is 1. The normalized spacial score (nSPS) is 20.0. The van der Waals surface area contributed by atoms with E-state index in [1.54, 1.807) is 18.2 Å². The highest BCUT2D eigenvalue weighted by Gasteiger charge is 2.34. The van der Waals surface area contributed by atoms with Gasteiger partial charge >= 0.3 is 0 Å². The second kappa shape index (κ2) is 13.3. The summed E-state index contributed by atoms with van der Waals surface area (Å²) in [7, 11) is 2.10. The Morgan fingerprint density at radius 2 is 1.69 bits per heavy atom. The summed E-state index contributed by atoms with van der Waals surface area (Å²) in [5, 5.41) is 14.6. The van der Waals surface area contributed by atoms with Crippen LogP contribution in [0.25, 0.3) is 10.8 Å². The Morgan fingerprint density at radius 1 is 0.952 bits per heavy atom. The molecular weight excluding hydrogens is 595 g/mol. The molecule has 0 saturated carbocycles. The molecule has 0 aliphatic carbocycles. The van der Waals surface area contributed by atoms with E-state index in [0.717, 1.165) is 16.7 Å². The maximum absolute atomic E-state index is 12.2. The average molecular weight is 628 g/mol. The van der Waals surface area contributed by atoms with Gasteiger partial charge in [-0.25, -0.2) is 0 Å². The fraction of sp³-hybridized carbons (Fsp3) is 0.303. The van der Waals surface area contributed by atoms with Crippen molar-refractivity contribution in [2.75, 3.05) is 18.9 Å². The summed E-state index contributed by atoms with van der Waals surface area (Å²) in [6, 6.07) is 30.0. The zero-order valence-electron chi connectivity index (χ0n) is 23.3. The fourth-order valence-electron chi connectivity index (χ4n) is 5.20. The Morgan fingerprint density at radius 3 is 2.40 bits per heavy atom. The lowest BCUT2D eigenvalue weighted by Crippen LogP contribution is -2.38. The standard InChI is InChI=1S/C33H33Cl3N2O4/c1-21(25-15-14-23-6-3-4-7-26(23)16-25)38(2)19-29-18-30(24-12-10-22(20-39)11-13-24)42-31(41-29)27-8-5-9-28(17-27)37-32(40)33(34,35)36/h3-17,21,29-31,39H,18-20H2,1-2H3,(H,37,40). The minimum absolute atomic E-state index is 0.0235. The number of nitrogens with zero attached hydrogens (tertiary/aromatic N) is 1. The number of likely N-dealkylation sites (N-methyl/N-ethyl adjacent to an activating group) is 1. The van der Waals surface area contributed by atoms with Gasteiger partial charge in [-0.15, -0.1) is 0 Å². The van der Waals surface area contributed by atoms with Crippen LogP contribution in [0.3, 0.4) is 0 Å². The molecule has 1 fully saturated rings. The maximum Gasteiger partial charge on any atom is 0.276 e. The predicted molar refractivity (Wildman–Crippen MR) is 169 cm³/mol. The summed E-state index contributed by atoms with van der Waals surface area (Å²) in [5.74, 6) is -0.751. The monoisotopic (exact) mass is 626 g/mol. The van der Waals surface area contributed by atoms with Crippen molar-refractivity contribution in [3.63, 3.8) is 0 Å². The number of benzene rings is 4. The van der Waals surface area contributed by atoms with Gasteiger partial charge in [-0.05, 0) is 59.6 Å². The van der Waals surface area contributed by atoms with Crippen LogP contribution in [0.15, 0.2) is 91.0 Å². The first-order valence-corrected chi connectivity index (χ1v) is 14.9. The molecule has 4 atom stereocenters. The van der Waals surface area contributed by atoms with Crippen LogP contribution in [0.1, 0.15) is 54.0 Å². The minimum Gasteiger partial charge on any atom is -0.392 e. The molecule has 0 bridgehead atoms. The molecule has 1 saturated heterocycles. The SMILES string of the molecule is CC(c1ccc2ccccc2c1)N(C)CC1CC(c2ccc(CO)cc2)OC(c2cccc(NC(=O)C(Cl)(Cl)Cl)c2)O1. The van der Waals surface area contributed by atoms with Gasteiger partial charge in [-0.3, -0.25) is 9.69 Å². The molecular formula is C33H33Cl3N2O4. The largest absolute Gasteiger partial charge is 0.392 e. The van der Waals surface area contributed by atoms with E-state index in [2.05, 4.69) is 66.7 Å². The second-order valence-corrected chi connectivity index (χ2v) is 12.9. The molecule has 4 aromatic rings. The third kappa shape index (κ3) is 7.44. The molecule has 0 spiro atoms. The zero-order valence-corrected chi connectivity index (χ0v) is 25.6. The molecule has 5 rings (SSSR count). The van der Waals surface area contributed by atoms with Crippen molar-refractivity contribution >= 4 is 57.2 Å². The highest BCUT2D eigenvalue weighted by Crippen LogP contribution is 2.39. The second-order valence-electron chi connectivity index (χ2n) is 10.6.